The van der Waals surface area contributed by atoms with Crippen molar-refractivity contribution in [3.63, 3.8) is 0 Å². The van der Waals surface area contributed by atoms with E-state index in [1.165, 1.54) is 0 Å². The summed E-state index contributed by atoms with van der Waals surface area (Å²) in [5.74, 6) is 1.27. The van der Waals surface area contributed by atoms with E-state index in [0.717, 1.165) is 16.9 Å². The fraction of sp³-hybridized carbons (Fsp3) is 0.412. The van der Waals surface area contributed by atoms with Crippen LogP contribution in [0.3, 0.4) is 0 Å². The van der Waals surface area contributed by atoms with E-state index in [9.17, 15) is 5.26 Å². The summed E-state index contributed by atoms with van der Waals surface area (Å²) in [5, 5.41) is 13.6. The van der Waals surface area contributed by atoms with Crippen LogP contribution in [0.2, 0.25) is 0 Å². The molecule has 110 valence electrons. The molecule has 0 fully saturated rings. The van der Waals surface area contributed by atoms with Crippen LogP contribution in [0.4, 0.5) is 0 Å². The van der Waals surface area contributed by atoms with Gasteiger partial charge in [0.15, 0.2) is 0 Å². The second-order valence-corrected chi connectivity index (χ2v) is 6.35. The van der Waals surface area contributed by atoms with Gasteiger partial charge in [-0.2, -0.15) is 10.4 Å². The Hall–Kier alpha value is -2.28. The highest BCUT2D eigenvalue weighted by molar-refractivity contribution is 5.48. The van der Waals surface area contributed by atoms with Gasteiger partial charge in [-0.1, -0.05) is 32.9 Å². The Kier molecular flexibility index (Phi) is 3.78. The van der Waals surface area contributed by atoms with Gasteiger partial charge in [-0.3, -0.25) is 0 Å². The van der Waals surface area contributed by atoms with Crippen LogP contribution in [-0.2, 0) is 12.5 Å². The lowest BCUT2D eigenvalue weighted by Gasteiger charge is -2.23. The number of nitriles is 1. The predicted molar refractivity (Wildman–Crippen MR) is 82.6 cm³/mol. The van der Waals surface area contributed by atoms with E-state index in [2.05, 4.69) is 44.1 Å². The number of hydrogen-bond donors (Lipinski definition) is 0. The number of aryl methyl sites for hydroxylation is 3. The summed E-state index contributed by atoms with van der Waals surface area (Å²) < 4.78 is 7.68. The van der Waals surface area contributed by atoms with Crippen LogP contribution < -0.4 is 4.74 Å². The van der Waals surface area contributed by atoms with Gasteiger partial charge in [0, 0.05) is 12.6 Å². The van der Waals surface area contributed by atoms with Crippen LogP contribution in [0.1, 0.15) is 43.2 Å². The highest BCUT2D eigenvalue weighted by Crippen LogP contribution is 2.36. The van der Waals surface area contributed by atoms with Gasteiger partial charge in [0.25, 0.3) is 0 Å². The topological polar surface area (TPSA) is 50.8 Å². The molecule has 2 aromatic rings. The fourth-order valence-electron chi connectivity index (χ4n) is 2.32. The lowest BCUT2D eigenvalue weighted by atomic mass is 9.86. The lowest BCUT2D eigenvalue weighted by Crippen LogP contribution is -2.13. The number of ether oxygens (including phenoxy) is 1. The number of aromatic nitrogens is 2. The SMILES string of the molecule is Cc1ccc(C(C)(C)C)c(Oc2c(C#N)c(C)nn2C)c1. The zero-order valence-corrected chi connectivity index (χ0v) is 13.5. The molecule has 1 heterocycles. The molecule has 2 rings (SSSR count). The Labute approximate surface area is 126 Å². The van der Waals surface area contributed by atoms with Crippen molar-refractivity contribution in [2.45, 2.75) is 40.0 Å². The van der Waals surface area contributed by atoms with Gasteiger partial charge in [0.05, 0.1) is 5.69 Å². The standard InChI is InChI=1S/C17H21N3O/c1-11-7-8-14(17(3,4)5)15(9-11)21-16-13(10-18)12(2)19-20(16)6/h7-9H,1-6H3. The minimum Gasteiger partial charge on any atom is -0.438 e. The van der Waals surface area contributed by atoms with Gasteiger partial charge in [0.1, 0.15) is 17.4 Å². The van der Waals surface area contributed by atoms with Gasteiger partial charge in [-0.15, -0.1) is 0 Å². The minimum absolute atomic E-state index is 0.0382. The van der Waals surface area contributed by atoms with Crippen molar-refractivity contribution in [3.8, 4) is 17.7 Å². The quantitative estimate of drug-likeness (QED) is 0.837. The van der Waals surface area contributed by atoms with Gasteiger partial charge in [-0.05, 0) is 30.9 Å². The minimum atomic E-state index is -0.0382. The summed E-state index contributed by atoms with van der Waals surface area (Å²) in [5.41, 5.74) is 3.36. The molecular weight excluding hydrogens is 262 g/mol. The van der Waals surface area contributed by atoms with Crippen molar-refractivity contribution in [3.05, 3.63) is 40.6 Å². The molecule has 0 aliphatic heterocycles. The van der Waals surface area contributed by atoms with Crippen LogP contribution in [0.5, 0.6) is 11.6 Å². The first-order valence-corrected chi connectivity index (χ1v) is 6.96. The molecule has 21 heavy (non-hydrogen) atoms. The third kappa shape index (κ3) is 2.92. The average molecular weight is 283 g/mol. The maximum absolute atomic E-state index is 9.29. The largest absolute Gasteiger partial charge is 0.438 e. The van der Waals surface area contributed by atoms with Crippen LogP contribution in [0.25, 0.3) is 0 Å². The summed E-state index contributed by atoms with van der Waals surface area (Å²) >= 11 is 0. The second-order valence-electron chi connectivity index (χ2n) is 6.35. The molecule has 0 saturated carbocycles. The summed E-state index contributed by atoms with van der Waals surface area (Å²) in [6, 6.07) is 8.33. The average Bonchev–Trinajstić information content (AvgIpc) is 2.62. The third-order valence-corrected chi connectivity index (χ3v) is 3.43. The van der Waals surface area contributed by atoms with Gasteiger partial charge >= 0.3 is 0 Å². The molecule has 1 aromatic heterocycles. The van der Waals surface area contributed by atoms with E-state index in [4.69, 9.17) is 4.74 Å². The van der Waals surface area contributed by atoms with Crippen molar-refractivity contribution in [1.29, 1.82) is 5.26 Å². The molecule has 0 spiro atoms. The Morgan fingerprint density at radius 1 is 1.24 bits per heavy atom. The summed E-state index contributed by atoms with van der Waals surface area (Å²) in [4.78, 5) is 0. The van der Waals surface area contributed by atoms with Crippen molar-refractivity contribution >= 4 is 0 Å². The first kappa shape index (κ1) is 15.1. The van der Waals surface area contributed by atoms with E-state index in [0.29, 0.717) is 17.1 Å². The predicted octanol–water partition coefficient (Wildman–Crippen LogP) is 4.00. The maximum Gasteiger partial charge on any atom is 0.235 e. The molecule has 0 aliphatic carbocycles. The molecule has 4 heteroatoms. The van der Waals surface area contributed by atoms with E-state index in [-0.39, 0.29) is 5.41 Å². The van der Waals surface area contributed by atoms with Gasteiger partial charge in [-0.25, -0.2) is 4.68 Å². The van der Waals surface area contributed by atoms with Gasteiger partial charge in [0.2, 0.25) is 5.88 Å². The molecule has 0 radical (unpaired) electrons. The smallest absolute Gasteiger partial charge is 0.235 e. The van der Waals surface area contributed by atoms with Crippen molar-refractivity contribution in [1.82, 2.24) is 9.78 Å². The molecule has 4 nitrogen and oxygen atoms in total. The highest BCUT2D eigenvalue weighted by atomic mass is 16.5. The molecule has 1 aromatic carbocycles. The van der Waals surface area contributed by atoms with Crippen molar-refractivity contribution in [2.75, 3.05) is 0 Å². The van der Waals surface area contributed by atoms with Crippen LogP contribution >= 0.6 is 0 Å². The second kappa shape index (κ2) is 5.25. The zero-order valence-electron chi connectivity index (χ0n) is 13.5. The van der Waals surface area contributed by atoms with Gasteiger partial charge < -0.3 is 4.74 Å². The van der Waals surface area contributed by atoms with Crippen molar-refractivity contribution in [2.24, 2.45) is 7.05 Å². The molecule has 0 N–H and O–H groups in total. The van der Waals surface area contributed by atoms with E-state index in [1.54, 1.807) is 11.7 Å². The molecule has 0 bridgehead atoms. The number of hydrogen-bond acceptors (Lipinski definition) is 3. The Morgan fingerprint density at radius 3 is 2.48 bits per heavy atom. The summed E-state index contributed by atoms with van der Waals surface area (Å²) in [6.45, 7) is 10.3. The molecule has 0 atom stereocenters. The monoisotopic (exact) mass is 283 g/mol. The van der Waals surface area contributed by atoms with Crippen LogP contribution in [-0.4, -0.2) is 9.78 Å². The Balaban J connectivity index is 2.55. The van der Waals surface area contributed by atoms with Crippen LogP contribution in [0, 0.1) is 25.2 Å². The molecule has 0 saturated heterocycles. The highest BCUT2D eigenvalue weighted by Gasteiger charge is 2.22. The number of nitrogens with zero attached hydrogens (tertiary/aromatic N) is 3. The molecule has 0 aliphatic rings. The zero-order chi connectivity index (χ0) is 15.8. The Bertz CT molecular complexity index is 715. The van der Waals surface area contributed by atoms with E-state index >= 15 is 0 Å². The van der Waals surface area contributed by atoms with E-state index in [1.807, 2.05) is 19.9 Å². The molecular formula is C17H21N3O. The summed E-state index contributed by atoms with van der Waals surface area (Å²) in [7, 11) is 1.79. The first-order valence-electron chi connectivity index (χ1n) is 6.96. The number of rotatable bonds is 2. The van der Waals surface area contributed by atoms with Crippen LogP contribution in [0.15, 0.2) is 18.2 Å². The fourth-order valence-corrected chi connectivity index (χ4v) is 2.32. The lowest BCUT2D eigenvalue weighted by molar-refractivity contribution is 0.412. The molecule has 0 amide bonds. The summed E-state index contributed by atoms with van der Waals surface area (Å²) in [6.07, 6.45) is 0. The normalized spacial score (nSPS) is 11.3. The number of benzene rings is 1. The maximum atomic E-state index is 9.29. The molecule has 0 unspecified atom stereocenters. The third-order valence-electron chi connectivity index (χ3n) is 3.43. The first-order chi connectivity index (χ1) is 9.74. The Morgan fingerprint density at radius 2 is 1.90 bits per heavy atom. The van der Waals surface area contributed by atoms with Crippen molar-refractivity contribution < 1.29 is 4.74 Å². The van der Waals surface area contributed by atoms with E-state index < -0.39 is 0 Å².